The molecule has 1 saturated carbocycles. The summed E-state index contributed by atoms with van der Waals surface area (Å²) in [4.78, 5) is 15.8. The fourth-order valence-electron chi connectivity index (χ4n) is 4.75. The second-order valence-corrected chi connectivity index (χ2v) is 8.55. The average Bonchev–Trinajstić information content (AvgIpc) is 3.20. The van der Waals surface area contributed by atoms with Crippen molar-refractivity contribution in [3.05, 3.63) is 36.0 Å². The van der Waals surface area contributed by atoms with Crippen LogP contribution in [0, 0.1) is 11.8 Å². The van der Waals surface area contributed by atoms with Gasteiger partial charge in [-0.05, 0) is 56.6 Å². The third-order valence-corrected chi connectivity index (χ3v) is 6.10. The molecule has 1 amide bonds. The van der Waals surface area contributed by atoms with E-state index in [1.807, 2.05) is 32.2 Å². The second-order valence-electron chi connectivity index (χ2n) is 8.55. The van der Waals surface area contributed by atoms with Gasteiger partial charge in [0.05, 0.1) is 12.2 Å². The number of hydrogen-bond acceptors (Lipinski definition) is 4. The average molecular weight is 386 g/mol. The highest BCUT2D eigenvalue weighted by atomic mass is 16.7. The Bertz CT molecular complexity index is 831. The topological polar surface area (TPSA) is 83.6 Å². The van der Waals surface area contributed by atoms with Crippen LogP contribution in [0.2, 0.25) is 0 Å². The van der Waals surface area contributed by atoms with Gasteiger partial charge < -0.3 is 24.9 Å². The number of H-pyrrole nitrogens is 1. The fraction of sp³-hybridized carbons (Fsp3) is 0.591. The number of aliphatic hydroxyl groups is 1. The Kier molecular flexibility index (Phi) is 5.45. The summed E-state index contributed by atoms with van der Waals surface area (Å²) in [6.07, 6.45) is 4.77. The number of carbonyl (C=O) groups excluding carboxylic acids is 1. The van der Waals surface area contributed by atoms with Crippen LogP contribution in [0.25, 0.3) is 10.9 Å². The van der Waals surface area contributed by atoms with Crippen LogP contribution in [-0.4, -0.2) is 47.1 Å². The number of para-hydroxylation sites is 1. The Hall–Kier alpha value is -1.89. The van der Waals surface area contributed by atoms with Gasteiger partial charge in [0.15, 0.2) is 5.79 Å². The molecule has 0 radical (unpaired) electrons. The molecule has 28 heavy (non-hydrogen) atoms. The van der Waals surface area contributed by atoms with Crippen molar-refractivity contribution >= 4 is 16.8 Å². The first-order valence-corrected chi connectivity index (χ1v) is 10.2. The molecule has 4 rings (SSSR count). The number of fused-ring (bicyclic) bond motifs is 2. The van der Waals surface area contributed by atoms with Gasteiger partial charge in [-0.1, -0.05) is 18.2 Å². The predicted octanol–water partition coefficient (Wildman–Crippen LogP) is 2.76. The van der Waals surface area contributed by atoms with Crippen LogP contribution in [0.3, 0.4) is 0 Å². The highest BCUT2D eigenvalue weighted by molar-refractivity contribution is 5.83. The largest absolute Gasteiger partial charge is 0.396 e. The molecule has 0 spiro atoms. The molecule has 1 aliphatic carbocycles. The van der Waals surface area contributed by atoms with E-state index in [2.05, 4.69) is 22.4 Å². The van der Waals surface area contributed by atoms with Gasteiger partial charge in [0.1, 0.15) is 0 Å². The summed E-state index contributed by atoms with van der Waals surface area (Å²) >= 11 is 0. The lowest BCUT2D eigenvalue weighted by Crippen LogP contribution is -2.41. The van der Waals surface area contributed by atoms with Crippen molar-refractivity contribution in [2.45, 2.75) is 57.5 Å². The lowest BCUT2D eigenvalue weighted by Gasteiger charge is -2.35. The first-order valence-electron chi connectivity index (χ1n) is 10.2. The van der Waals surface area contributed by atoms with Crippen LogP contribution in [0.15, 0.2) is 30.5 Å². The molecule has 6 nitrogen and oxygen atoms in total. The maximum Gasteiger partial charge on any atom is 0.220 e. The number of ether oxygens (including phenoxy) is 2. The van der Waals surface area contributed by atoms with Crippen LogP contribution in [0.5, 0.6) is 0 Å². The molecule has 1 aromatic heterocycles. The van der Waals surface area contributed by atoms with E-state index >= 15 is 0 Å². The Morgan fingerprint density at radius 1 is 1.21 bits per heavy atom. The molecule has 152 valence electrons. The normalized spacial score (nSPS) is 29.0. The minimum atomic E-state index is -0.578. The van der Waals surface area contributed by atoms with Crippen molar-refractivity contribution in [3.63, 3.8) is 0 Å². The molecule has 4 atom stereocenters. The van der Waals surface area contributed by atoms with Crippen molar-refractivity contribution in [2.24, 2.45) is 11.8 Å². The van der Waals surface area contributed by atoms with E-state index in [0.717, 1.165) is 24.8 Å². The molecule has 3 N–H and O–H groups in total. The standard InChI is InChI=1S/C22H30N2O4/c1-22(2)27-19-9-15(16(13-25)10-20(19)28-22)11-21(26)23-8-7-14-12-24-18-6-4-3-5-17(14)18/h3-6,12,15-16,19-20,24-25H,7-11,13H2,1-2H3,(H,23,26)/t15-,16+,19+,20-/m1/s1. The van der Waals surface area contributed by atoms with Crippen molar-refractivity contribution in [2.75, 3.05) is 13.2 Å². The van der Waals surface area contributed by atoms with E-state index in [1.165, 1.54) is 10.9 Å². The van der Waals surface area contributed by atoms with Crippen LogP contribution >= 0.6 is 0 Å². The molecule has 6 heteroatoms. The number of nitrogens with one attached hydrogen (secondary N) is 2. The van der Waals surface area contributed by atoms with Gasteiger partial charge in [-0.25, -0.2) is 0 Å². The molecule has 0 bridgehead atoms. The van der Waals surface area contributed by atoms with E-state index in [-0.39, 0.29) is 36.6 Å². The molecule has 1 aliphatic heterocycles. The van der Waals surface area contributed by atoms with Crippen LogP contribution < -0.4 is 5.32 Å². The maximum atomic E-state index is 12.5. The minimum absolute atomic E-state index is 0.0156. The van der Waals surface area contributed by atoms with Gasteiger partial charge in [-0.2, -0.15) is 0 Å². The zero-order chi connectivity index (χ0) is 19.7. The summed E-state index contributed by atoms with van der Waals surface area (Å²) in [5.74, 6) is -0.332. The van der Waals surface area contributed by atoms with E-state index in [0.29, 0.717) is 13.0 Å². The Morgan fingerprint density at radius 2 is 1.93 bits per heavy atom. The fourth-order valence-corrected chi connectivity index (χ4v) is 4.75. The molecule has 0 unspecified atom stereocenters. The molecule has 2 heterocycles. The summed E-state index contributed by atoms with van der Waals surface area (Å²) in [6, 6.07) is 8.19. The first kappa shape index (κ1) is 19.4. The van der Waals surface area contributed by atoms with E-state index in [4.69, 9.17) is 9.47 Å². The molecular weight excluding hydrogens is 356 g/mol. The Balaban J connectivity index is 1.29. The number of amides is 1. The monoisotopic (exact) mass is 386 g/mol. The number of aromatic amines is 1. The third-order valence-electron chi connectivity index (χ3n) is 6.10. The van der Waals surface area contributed by atoms with Crippen molar-refractivity contribution in [1.29, 1.82) is 0 Å². The van der Waals surface area contributed by atoms with Gasteiger partial charge in [0, 0.05) is 36.7 Å². The predicted molar refractivity (Wildman–Crippen MR) is 107 cm³/mol. The van der Waals surface area contributed by atoms with Crippen LogP contribution in [-0.2, 0) is 20.7 Å². The highest BCUT2D eigenvalue weighted by Gasteiger charge is 2.47. The SMILES string of the molecule is CC1(C)O[C@H]2C[C@H](CC(=O)NCCc3c[nH]c4ccccc34)[C@H](CO)C[C@H]2O1. The summed E-state index contributed by atoms with van der Waals surface area (Å²) < 4.78 is 11.9. The lowest BCUT2D eigenvalue weighted by atomic mass is 9.75. The van der Waals surface area contributed by atoms with Crippen molar-refractivity contribution in [3.8, 4) is 0 Å². The summed E-state index contributed by atoms with van der Waals surface area (Å²) in [5, 5.41) is 14.0. The van der Waals surface area contributed by atoms with Gasteiger partial charge >= 0.3 is 0 Å². The van der Waals surface area contributed by atoms with Gasteiger partial charge in [0.25, 0.3) is 0 Å². The Morgan fingerprint density at radius 3 is 2.68 bits per heavy atom. The van der Waals surface area contributed by atoms with Gasteiger partial charge in [-0.15, -0.1) is 0 Å². The number of aromatic nitrogens is 1. The lowest BCUT2D eigenvalue weighted by molar-refractivity contribution is -0.146. The van der Waals surface area contributed by atoms with Gasteiger partial charge in [-0.3, -0.25) is 4.79 Å². The molecule has 1 aromatic carbocycles. The number of hydrogen-bond donors (Lipinski definition) is 3. The molecular formula is C22H30N2O4. The summed E-state index contributed by atoms with van der Waals surface area (Å²) in [6.45, 7) is 4.54. The Labute approximate surface area is 165 Å². The summed E-state index contributed by atoms with van der Waals surface area (Å²) in [5.41, 5.74) is 2.33. The first-order chi connectivity index (χ1) is 13.4. The van der Waals surface area contributed by atoms with Crippen molar-refractivity contribution < 1.29 is 19.4 Å². The zero-order valence-electron chi connectivity index (χ0n) is 16.6. The number of benzene rings is 1. The van der Waals surface area contributed by atoms with Crippen LogP contribution in [0.1, 0.15) is 38.7 Å². The number of carbonyl (C=O) groups is 1. The highest BCUT2D eigenvalue weighted by Crippen LogP contribution is 2.42. The van der Waals surface area contributed by atoms with E-state index in [9.17, 15) is 9.90 Å². The van der Waals surface area contributed by atoms with Crippen LogP contribution in [0.4, 0.5) is 0 Å². The molecule has 1 saturated heterocycles. The molecule has 2 aromatic rings. The summed E-state index contributed by atoms with van der Waals surface area (Å²) in [7, 11) is 0. The smallest absolute Gasteiger partial charge is 0.220 e. The molecule has 2 fully saturated rings. The van der Waals surface area contributed by atoms with E-state index in [1.54, 1.807) is 0 Å². The van der Waals surface area contributed by atoms with E-state index < -0.39 is 5.79 Å². The van der Waals surface area contributed by atoms with Crippen molar-refractivity contribution in [1.82, 2.24) is 10.3 Å². The third kappa shape index (κ3) is 4.09. The molecule has 2 aliphatic rings. The quantitative estimate of drug-likeness (QED) is 0.713. The van der Waals surface area contributed by atoms with Gasteiger partial charge in [0.2, 0.25) is 5.91 Å². The maximum absolute atomic E-state index is 12.5. The minimum Gasteiger partial charge on any atom is -0.396 e. The number of rotatable bonds is 6. The number of aliphatic hydroxyl groups excluding tert-OH is 1. The second kappa shape index (κ2) is 7.85. The zero-order valence-corrected chi connectivity index (χ0v) is 16.6.